The van der Waals surface area contributed by atoms with Crippen LogP contribution in [0.3, 0.4) is 0 Å². The van der Waals surface area contributed by atoms with Gasteiger partial charge in [0.2, 0.25) is 0 Å². The van der Waals surface area contributed by atoms with Crippen LogP contribution in [-0.4, -0.2) is 29.7 Å². The molecular weight excluding hydrogens is 244 g/mol. The van der Waals surface area contributed by atoms with Crippen LogP contribution in [0.5, 0.6) is 0 Å². The second-order valence-corrected chi connectivity index (χ2v) is 5.92. The average Bonchev–Trinajstić information content (AvgIpc) is 2.69. The fraction of sp³-hybridized carbons (Fsp3) is 0.615. The molecule has 5 heteroatoms. The Balaban J connectivity index is 3.14. The molecule has 1 heterocycles. The largest absolute Gasteiger partial charge is 0.369 e. The van der Waals surface area contributed by atoms with Gasteiger partial charge in [-0.1, -0.05) is 27.2 Å². The van der Waals surface area contributed by atoms with Gasteiger partial charge in [-0.2, -0.15) is 9.64 Å². The minimum Gasteiger partial charge on any atom is -0.369 e. The quantitative estimate of drug-likeness (QED) is 0.605. The second-order valence-electron chi connectivity index (χ2n) is 5.17. The number of nitriles is 1. The van der Waals surface area contributed by atoms with Crippen molar-refractivity contribution in [2.75, 3.05) is 14.1 Å². The van der Waals surface area contributed by atoms with Gasteiger partial charge in [0, 0.05) is 19.5 Å². The Hall–Kier alpha value is -1.41. The molecule has 0 aliphatic rings. The minimum atomic E-state index is -0.0673. The molecular formula is C13H20N4S. The Labute approximate surface area is 113 Å². The number of nitrogens with zero attached hydrogens (tertiary/aromatic N) is 4. The van der Waals surface area contributed by atoms with Gasteiger partial charge in [-0.15, -0.1) is 0 Å². The fourth-order valence-electron chi connectivity index (χ4n) is 1.84. The van der Waals surface area contributed by atoms with Crippen LogP contribution < -0.4 is 0 Å². The number of hydrogen-bond donors (Lipinski definition) is 0. The maximum absolute atomic E-state index is 9.31. The Bertz CT molecular complexity index is 466. The van der Waals surface area contributed by atoms with E-state index in [-0.39, 0.29) is 5.41 Å². The van der Waals surface area contributed by atoms with E-state index in [2.05, 4.69) is 36.2 Å². The Morgan fingerprint density at radius 3 is 2.67 bits per heavy atom. The summed E-state index contributed by atoms with van der Waals surface area (Å²) in [6.07, 6.45) is 3.79. The number of aliphatic imine (C=N–C) groups is 1. The van der Waals surface area contributed by atoms with Crippen LogP contribution in [0.4, 0.5) is 5.00 Å². The van der Waals surface area contributed by atoms with E-state index in [0.717, 1.165) is 18.5 Å². The lowest BCUT2D eigenvalue weighted by molar-refractivity contribution is 0.462. The Kier molecular flexibility index (Phi) is 4.85. The van der Waals surface area contributed by atoms with Crippen LogP contribution >= 0.6 is 11.5 Å². The molecule has 0 bridgehead atoms. The van der Waals surface area contributed by atoms with Gasteiger partial charge in [0.1, 0.15) is 11.6 Å². The molecule has 18 heavy (non-hydrogen) atoms. The van der Waals surface area contributed by atoms with E-state index >= 15 is 0 Å². The molecule has 0 atom stereocenters. The number of aromatic nitrogens is 1. The topological polar surface area (TPSA) is 52.3 Å². The lowest BCUT2D eigenvalue weighted by atomic mass is 9.83. The summed E-state index contributed by atoms with van der Waals surface area (Å²) in [5, 5.41) is 10.0. The third-order valence-electron chi connectivity index (χ3n) is 2.71. The van der Waals surface area contributed by atoms with Crippen molar-refractivity contribution >= 4 is 22.9 Å². The highest BCUT2D eigenvalue weighted by molar-refractivity contribution is 7.10. The molecule has 0 amide bonds. The van der Waals surface area contributed by atoms with Crippen molar-refractivity contribution in [2.45, 2.75) is 39.0 Å². The predicted molar refractivity (Wildman–Crippen MR) is 76.6 cm³/mol. The molecule has 0 aliphatic carbocycles. The van der Waals surface area contributed by atoms with Crippen LogP contribution in [0.25, 0.3) is 0 Å². The fourth-order valence-corrected chi connectivity index (χ4v) is 2.69. The van der Waals surface area contributed by atoms with Gasteiger partial charge < -0.3 is 4.90 Å². The molecule has 0 aliphatic heterocycles. The van der Waals surface area contributed by atoms with E-state index < -0.39 is 0 Å². The van der Waals surface area contributed by atoms with Gasteiger partial charge in [0.25, 0.3) is 0 Å². The van der Waals surface area contributed by atoms with Gasteiger partial charge in [0.05, 0.1) is 12.0 Å². The Morgan fingerprint density at radius 2 is 2.17 bits per heavy atom. The van der Waals surface area contributed by atoms with Crippen molar-refractivity contribution in [1.82, 2.24) is 9.27 Å². The average molecular weight is 264 g/mol. The van der Waals surface area contributed by atoms with Crippen molar-refractivity contribution in [3.05, 3.63) is 11.3 Å². The van der Waals surface area contributed by atoms with Crippen LogP contribution in [0.1, 0.15) is 44.9 Å². The summed E-state index contributed by atoms with van der Waals surface area (Å²) in [4.78, 5) is 6.15. The summed E-state index contributed by atoms with van der Waals surface area (Å²) in [5.41, 5.74) is 1.43. The van der Waals surface area contributed by atoms with Crippen molar-refractivity contribution in [3.63, 3.8) is 0 Å². The normalized spacial score (nSPS) is 11.8. The lowest BCUT2D eigenvalue weighted by Gasteiger charge is -2.21. The zero-order valence-electron chi connectivity index (χ0n) is 11.7. The Morgan fingerprint density at radius 1 is 1.50 bits per heavy atom. The first-order chi connectivity index (χ1) is 8.42. The lowest BCUT2D eigenvalue weighted by Crippen LogP contribution is -2.18. The number of rotatable bonds is 5. The predicted octanol–water partition coefficient (Wildman–Crippen LogP) is 3.31. The highest BCUT2D eigenvalue weighted by Gasteiger charge is 2.28. The van der Waals surface area contributed by atoms with Crippen molar-refractivity contribution in [1.29, 1.82) is 5.26 Å². The minimum absolute atomic E-state index is 0.0673. The van der Waals surface area contributed by atoms with Gasteiger partial charge in [-0.3, -0.25) is 0 Å². The highest BCUT2D eigenvalue weighted by Crippen LogP contribution is 2.36. The number of hydrogen-bond acceptors (Lipinski definition) is 4. The van der Waals surface area contributed by atoms with Crippen LogP contribution in [0.15, 0.2) is 4.99 Å². The highest BCUT2D eigenvalue weighted by atomic mass is 32.1. The molecule has 0 radical (unpaired) electrons. The molecule has 0 fully saturated rings. The molecule has 98 valence electrons. The monoisotopic (exact) mass is 264 g/mol. The third-order valence-corrected chi connectivity index (χ3v) is 3.46. The molecule has 1 rings (SSSR count). The molecule has 0 spiro atoms. The molecule has 0 saturated carbocycles. The van der Waals surface area contributed by atoms with Gasteiger partial charge in [-0.25, -0.2) is 4.99 Å². The molecule has 1 aromatic rings. The first-order valence-corrected chi connectivity index (χ1v) is 6.80. The second kappa shape index (κ2) is 5.96. The molecule has 0 saturated heterocycles. The summed E-state index contributed by atoms with van der Waals surface area (Å²) in [6.45, 7) is 6.41. The van der Waals surface area contributed by atoms with E-state index in [1.165, 1.54) is 11.5 Å². The molecule has 0 unspecified atom stereocenters. The van der Waals surface area contributed by atoms with Crippen molar-refractivity contribution < 1.29 is 0 Å². The van der Waals surface area contributed by atoms with E-state index in [9.17, 15) is 5.26 Å². The maximum Gasteiger partial charge on any atom is 0.155 e. The summed E-state index contributed by atoms with van der Waals surface area (Å²) in [5.74, 6) is 0. The summed E-state index contributed by atoms with van der Waals surface area (Å²) < 4.78 is 4.44. The van der Waals surface area contributed by atoms with Gasteiger partial charge in [-0.05, 0) is 18.0 Å². The van der Waals surface area contributed by atoms with E-state index in [1.54, 1.807) is 6.34 Å². The summed E-state index contributed by atoms with van der Waals surface area (Å²) >= 11 is 1.30. The first kappa shape index (κ1) is 14.7. The van der Waals surface area contributed by atoms with Crippen molar-refractivity contribution in [3.8, 4) is 6.07 Å². The van der Waals surface area contributed by atoms with Crippen LogP contribution in [0.2, 0.25) is 0 Å². The smallest absolute Gasteiger partial charge is 0.155 e. The standard InChI is InChI=1S/C13H20N4S/c1-6-7-13(2,3)11-10(8-14)12(18-16-11)15-9-17(4)5/h9H,6-7H2,1-5H3/b15-9-. The summed E-state index contributed by atoms with van der Waals surface area (Å²) in [7, 11) is 3.80. The van der Waals surface area contributed by atoms with Crippen LogP contribution in [0, 0.1) is 11.3 Å². The molecule has 0 aromatic carbocycles. The maximum atomic E-state index is 9.31. The van der Waals surface area contributed by atoms with Gasteiger partial charge in [0.15, 0.2) is 5.00 Å². The zero-order valence-corrected chi connectivity index (χ0v) is 12.5. The van der Waals surface area contributed by atoms with Gasteiger partial charge >= 0.3 is 0 Å². The SMILES string of the molecule is CCCC(C)(C)c1nsc(/N=C\N(C)C)c1C#N. The molecule has 1 aromatic heterocycles. The van der Waals surface area contributed by atoms with Crippen molar-refractivity contribution in [2.24, 2.45) is 4.99 Å². The molecule has 0 N–H and O–H groups in total. The van der Waals surface area contributed by atoms with E-state index in [0.29, 0.717) is 10.6 Å². The zero-order chi connectivity index (χ0) is 13.8. The molecule has 4 nitrogen and oxygen atoms in total. The first-order valence-electron chi connectivity index (χ1n) is 6.03. The van der Waals surface area contributed by atoms with E-state index in [4.69, 9.17) is 0 Å². The summed E-state index contributed by atoms with van der Waals surface area (Å²) in [6, 6.07) is 2.25. The van der Waals surface area contributed by atoms with Crippen LogP contribution in [-0.2, 0) is 5.41 Å². The third kappa shape index (κ3) is 3.30. The van der Waals surface area contributed by atoms with E-state index in [1.807, 2.05) is 19.0 Å².